The molecular weight excluding hydrogens is 356 g/mol. The zero-order valence-electron chi connectivity index (χ0n) is 14.5. The second-order valence-electron chi connectivity index (χ2n) is 6.77. The van der Waals surface area contributed by atoms with Gasteiger partial charge in [-0.1, -0.05) is 18.2 Å². The standard InChI is InChI=1S/C21H16N4OS/c22-10-12(9-13-11-23-16-7-3-1-5-14(13)16)19-24-20(26)18-15-6-2-4-8-17(15)27-21(18)25-19/h1,3,5,7,9,11,23H,2,4,6,8H2,(H,24,25,26)/b12-9+. The smallest absolute Gasteiger partial charge is 0.260 e. The maximum Gasteiger partial charge on any atom is 0.260 e. The maximum absolute atomic E-state index is 12.7. The third kappa shape index (κ3) is 2.59. The summed E-state index contributed by atoms with van der Waals surface area (Å²) in [6, 6.07) is 10.1. The number of nitrogens with zero attached hydrogens (tertiary/aromatic N) is 2. The number of hydrogen-bond acceptors (Lipinski definition) is 4. The van der Waals surface area contributed by atoms with Crippen LogP contribution in [0.15, 0.2) is 35.3 Å². The van der Waals surface area contributed by atoms with Crippen LogP contribution in [0.25, 0.3) is 32.8 Å². The van der Waals surface area contributed by atoms with Crippen molar-refractivity contribution in [3.8, 4) is 6.07 Å². The van der Waals surface area contributed by atoms with Crippen molar-refractivity contribution in [3.63, 3.8) is 0 Å². The average Bonchev–Trinajstić information content (AvgIpc) is 3.27. The Morgan fingerprint density at radius 3 is 3.00 bits per heavy atom. The van der Waals surface area contributed by atoms with Crippen LogP contribution >= 0.6 is 11.3 Å². The molecule has 5 rings (SSSR count). The molecule has 0 radical (unpaired) electrons. The minimum atomic E-state index is -0.144. The van der Waals surface area contributed by atoms with Gasteiger partial charge < -0.3 is 9.97 Å². The van der Waals surface area contributed by atoms with Gasteiger partial charge in [-0.2, -0.15) is 5.26 Å². The second-order valence-corrected chi connectivity index (χ2v) is 7.85. The zero-order chi connectivity index (χ0) is 18.4. The highest BCUT2D eigenvalue weighted by Gasteiger charge is 2.20. The van der Waals surface area contributed by atoms with Crippen LogP contribution in [0.2, 0.25) is 0 Å². The Morgan fingerprint density at radius 2 is 2.11 bits per heavy atom. The summed E-state index contributed by atoms with van der Waals surface area (Å²) in [5, 5.41) is 11.4. The first-order valence-corrected chi connectivity index (χ1v) is 9.79. The highest BCUT2D eigenvalue weighted by Crippen LogP contribution is 2.34. The van der Waals surface area contributed by atoms with E-state index >= 15 is 0 Å². The molecule has 1 aliphatic rings. The summed E-state index contributed by atoms with van der Waals surface area (Å²) < 4.78 is 0. The zero-order valence-corrected chi connectivity index (χ0v) is 15.3. The first kappa shape index (κ1) is 16.0. The number of fused-ring (bicyclic) bond motifs is 4. The van der Waals surface area contributed by atoms with Crippen molar-refractivity contribution in [2.24, 2.45) is 0 Å². The van der Waals surface area contributed by atoms with E-state index in [-0.39, 0.29) is 5.56 Å². The number of allylic oxidation sites excluding steroid dienone is 1. The van der Waals surface area contributed by atoms with E-state index in [1.807, 2.05) is 30.5 Å². The number of rotatable bonds is 2. The SMILES string of the molecule is N#C/C(=C\c1c[nH]c2ccccc12)c1nc2sc3c(c2c(=O)[nH]1)CCCC3. The van der Waals surface area contributed by atoms with Gasteiger partial charge in [0.05, 0.1) is 11.0 Å². The topological polar surface area (TPSA) is 85.3 Å². The molecule has 132 valence electrons. The van der Waals surface area contributed by atoms with Crippen molar-refractivity contribution in [1.82, 2.24) is 15.0 Å². The molecule has 1 aliphatic carbocycles. The highest BCUT2D eigenvalue weighted by molar-refractivity contribution is 7.18. The van der Waals surface area contributed by atoms with Crippen molar-refractivity contribution >= 4 is 44.1 Å². The predicted molar refractivity (Wildman–Crippen MR) is 109 cm³/mol. The Morgan fingerprint density at radius 1 is 1.26 bits per heavy atom. The van der Waals surface area contributed by atoms with E-state index < -0.39 is 0 Å². The molecule has 0 saturated carbocycles. The van der Waals surface area contributed by atoms with Crippen molar-refractivity contribution in [3.05, 3.63) is 62.6 Å². The summed E-state index contributed by atoms with van der Waals surface area (Å²) in [5.41, 5.74) is 3.26. The van der Waals surface area contributed by atoms with Crippen LogP contribution < -0.4 is 5.56 Å². The van der Waals surface area contributed by atoms with Crippen LogP contribution in [-0.4, -0.2) is 15.0 Å². The molecule has 5 nitrogen and oxygen atoms in total. The van der Waals surface area contributed by atoms with Crippen LogP contribution in [0.1, 0.15) is 34.7 Å². The highest BCUT2D eigenvalue weighted by atomic mass is 32.1. The quantitative estimate of drug-likeness (QED) is 0.511. The summed E-state index contributed by atoms with van der Waals surface area (Å²) in [7, 11) is 0. The molecular formula is C21H16N4OS. The molecule has 0 atom stereocenters. The molecule has 3 aromatic heterocycles. The number of para-hydroxylation sites is 1. The lowest BCUT2D eigenvalue weighted by molar-refractivity contribution is 0.700. The fraction of sp³-hybridized carbons (Fsp3) is 0.190. The maximum atomic E-state index is 12.7. The number of nitriles is 1. The lowest BCUT2D eigenvalue weighted by atomic mass is 9.97. The Hall–Kier alpha value is -3.17. The minimum Gasteiger partial charge on any atom is -0.361 e. The van der Waals surface area contributed by atoms with E-state index in [1.165, 1.54) is 4.88 Å². The molecule has 0 saturated heterocycles. The molecule has 0 unspecified atom stereocenters. The molecule has 0 amide bonds. The van der Waals surface area contributed by atoms with E-state index in [0.717, 1.165) is 52.5 Å². The van der Waals surface area contributed by atoms with Crippen LogP contribution in [0.3, 0.4) is 0 Å². The summed E-state index contributed by atoms with van der Waals surface area (Å²) in [4.78, 5) is 25.4. The molecule has 3 heterocycles. The lowest BCUT2D eigenvalue weighted by Gasteiger charge is -2.09. The normalized spacial score (nSPS) is 14.4. The van der Waals surface area contributed by atoms with Gasteiger partial charge in [0, 0.05) is 27.5 Å². The first-order chi connectivity index (χ1) is 13.2. The van der Waals surface area contributed by atoms with E-state index in [1.54, 1.807) is 17.4 Å². The molecule has 0 spiro atoms. The summed E-state index contributed by atoms with van der Waals surface area (Å²) >= 11 is 1.59. The third-order valence-electron chi connectivity index (χ3n) is 5.12. The van der Waals surface area contributed by atoms with Gasteiger partial charge in [-0.05, 0) is 43.4 Å². The van der Waals surface area contributed by atoms with Gasteiger partial charge in [0.1, 0.15) is 10.9 Å². The molecule has 27 heavy (non-hydrogen) atoms. The Kier molecular flexibility index (Phi) is 3.69. The van der Waals surface area contributed by atoms with Crippen molar-refractivity contribution < 1.29 is 0 Å². The average molecular weight is 372 g/mol. The molecule has 4 aromatic rings. The Balaban J connectivity index is 1.67. The number of hydrogen-bond donors (Lipinski definition) is 2. The third-order valence-corrected chi connectivity index (χ3v) is 6.31. The fourth-order valence-electron chi connectivity index (χ4n) is 3.81. The summed E-state index contributed by atoms with van der Waals surface area (Å²) in [6.07, 6.45) is 7.87. The number of benzene rings is 1. The van der Waals surface area contributed by atoms with E-state index in [4.69, 9.17) is 0 Å². The van der Waals surface area contributed by atoms with Gasteiger partial charge in [0.15, 0.2) is 5.82 Å². The minimum absolute atomic E-state index is 0.144. The molecule has 6 heteroatoms. The lowest BCUT2D eigenvalue weighted by Crippen LogP contribution is -2.12. The van der Waals surface area contributed by atoms with Crippen molar-refractivity contribution in [2.75, 3.05) is 0 Å². The van der Waals surface area contributed by atoms with Gasteiger partial charge in [-0.3, -0.25) is 4.79 Å². The van der Waals surface area contributed by atoms with Crippen LogP contribution in [0.5, 0.6) is 0 Å². The predicted octanol–water partition coefficient (Wildman–Crippen LogP) is 4.41. The number of aromatic amines is 2. The molecule has 1 aromatic carbocycles. The number of H-pyrrole nitrogens is 2. The second kappa shape index (κ2) is 6.22. The number of nitrogens with one attached hydrogen (secondary N) is 2. The van der Waals surface area contributed by atoms with Crippen molar-refractivity contribution in [2.45, 2.75) is 25.7 Å². The summed E-state index contributed by atoms with van der Waals surface area (Å²) in [5.74, 6) is 0.332. The van der Waals surface area contributed by atoms with Crippen LogP contribution in [-0.2, 0) is 12.8 Å². The molecule has 0 aliphatic heterocycles. The Labute approximate surface area is 159 Å². The monoisotopic (exact) mass is 372 g/mol. The van der Waals surface area contributed by atoms with Gasteiger partial charge in [-0.25, -0.2) is 4.98 Å². The van der Waals surface area contributed by atoms with Gasteiger partial charge >= 0.3 is 0 Å². The molecule has 2 N–H and O–H groups in total. The first-order valence-electron chi connectivity index (χ1n) is 8.97. The number of thiophene rings is 1. The molecule has 0 bridgehead atoms. The summed E-state index contributed by atoms with van der Waals surface area (Å²) in [6.45, 7) is 0. The van der Waals surface area contributed by atoms with Crippen LogP contribution in [0.4, 0.5) is 0 Å². The van der Waals surface area contributed by atoms with E-state index in [2.05, 4.69) is 21.0 Å². The van der Waals surface area contributed by atoms with Crippen molar-refractivity contribution in [1.29, 1.82) is 5.26 Å². The largest absolute Gasteiger partial charge is 0.361 e. The van der Waals surface area contributed by atoms with Gasteiger partial charge in [-0.15, -0.1) is 11.3 Å². The van der Waals surface area contributed by atoms with Gasteiger partial charge in [0.2, 0.25) is 0 Å². The van der Waals surface area contributed by atoms with E-state index in [0.29, 0.717) is 16.8 Å². The number of aryl methyl sites for hydroxylation is 2. The van der Waals surface area contributed by atoms with Crippen LogP contribution in [0, 0.1) is 11.3 Å². The van der Waals surface area contributed by atoms with Gasteiger partial charge in [0.25, 0.3) is 5.56 Å². The molecule has 0 fully saturated rings. The van der Waals surface area contributed by atoms with E-state index in [9.17, 15) is 10.1 Å². The fourth-order valence-corrected chi connectivity index (χ4v) is 5.08. The number of aromatic nitrogens is 3. The Bertz CT molecular complexity index is 1320.